The first-order chi connectivity index (χ1) is 11.1. The van der Waals surface area contributed by atoms with E-state index in [1.165, 1.54) is 18.2 Å². The zero-order valence-electron chi connectivity index (χ0n) is 12.2. The topological polar surface area (TPSA) is 61.4 Å². The number of hydrogen-bond donors (Lipinski definition) is 1. The summed E-state index contributed by atoms with van der Waals surface area (Å²) in [5.74, 6) is 0.152. The standard InChI is InChI=1S/C15H15ClFN5O/c16-12-10-11(2-3-13(12)17)20-15(23)22-8-6-21(7-9-22)14-18-4-1-5-19-14/h1-5,10H,6-9H2,(H,20,23). The van der Waals surface area contributed by atoms with Crippen LogP contribution in [0.15, 0.2) is 36.7 Å². The summed E-state index contributed by atoms with van der Waals surface area (Å²) in [6.45, 7) is 2.42. The number of piperazine rings is 1. The Kier molecular flexibility index (Phi) is 4.57. The number of carbonyl (C=O) groups excluding carboxylic acids is 1. The predicted octanol–water partition coefficient (Wildman–Crippen LogP) is 2.62. The number of aromatic nitrogens is 2. The molecular formula is C15H15ClFN5O. The Labute approximate surface area is 137 Å². The van der Waals surface area contributed by atoms with E-state index in [2.05, 4.69) is 15.3 Å². The van der Waals surface area contributed by atoms with Crippen LogP contribution in [0.4, 0.5) is 20.8 Å². The van der Waals surface area contributed by atoms with E-state index in [9.17, 15) is 9.18 Å². The summed E-state index contributed by atoms with van der Waals surface area (Å²) in [6, 6.07) is 5.63. The van der Waals surface area contributed by atoms with Crippen LogP contribution in [0.3, 0.4) is 0 Å². The third-order valence-corrected chi connectivity index (χ3v) is 3.86. The van der Waals surface area contributed by atoms with Crippen molar-refractivity contribution in [2.24, 2.45) is 0 Å². The van der Waals surface area contributed by atoms with Gasteiger partial charge < -0.3 is 15.1 Å². The van der Waals surface area contributed by atoms with E-state index in [4.69, 9.17) is 11.6 Å². The van der Waals surface area contributed by atoms with Gasteiger partial charge in [-0.3, -0.25) is 0 Å². The molecule has 3 rings (SSSR count). The summed E-state index contributed by atoms with van der Waals surface area (Å²) in [7, 11) is 0. The fourth-order valence-corrected chi connectivity index (χ4v) is 2.52. The van der Waals surface area contributed by atoms with E-state index in [0.29, 0.717) is 37.8 Å². The van der Waals surface area contributed by atoms with Crippen molar-refractivity contribution in [3.63, 3.8) is 0 Å². The molecule has 1 aliphatic rings. The van der Waals surface area contributed by atoms with Gasteiger partial charge in [-0.25, -0.2) is 19.2 Å². The third kappa shape index (κ3) is 3.68. The maximum atomic E-state index is 13.1. The van der Waals surface area contributed by atoms with E-state index in [1.54, 1.807) is 23.4 Å². The smallest absolute Gasteiger partial charge is 0.321 e. The van der Waals surface area contributed by atoms with E-state index in [-0.39, 0.29) is 11.1 Å². The minimum atomic E-state index is -0.513. The lowest BCUT2D eigenvalue weighted by molar-refractivity contribution is 0.208. The van der Waals surface area contributed by atoms with Gasteiger partial charge in [-0.05, 0) is 24.3 Å². The summed E-state index contributed by atoms with van der Waals surface area (Å²) in [5, 5.41) is 2.70. The molecule has 2 amide bonds. The first-order valence-electron chi connectivity index (χ1n) is 7.16. The van der Waals surface area contributed by atoms with Crippen molar-refractivity contribution >= 4 is 29.3 Å². The highest BCUT2D eigenvalue weighted by molar-refractivity contribution is 6.31. The molecule has 0 radical (unpaired) electrons. The van der Waals surface area contributed by atoms with Crippen LogP contribution < -0.4 is 10.2 Å². The lowest BCUT2D eigenvalue weighted by Gasteiger charge is -2.34. The lowest BCUT2D eigenvalue weighted by Crippen LogP contribution is -2.50. The molecule has 23 heavy (non-hydrogen) atoms. The molecule has 1 aliphatic heterocycles. The number of nitrogens with one attached hydrogen (secondary N) is 1. The van der Waals surface area contributed by atoms with Crippen molar-refractivity contribution in [2.45, 2.75) is 0 Å². The van der Waals surface area contributed by atoms with Gasteiger partial charge in [0, 0.05) is 44.3 Å². The van der Waals surface area contributed by atoms with E-state index >= 15 is 0 Å². The Morgan fingerprint density at radius 3 is 2.52 bits per heavy atom. The molecule has 0 saturated carbocycles. The number of rotatable bonds is 2. The second kappa shape index (κ2) is 6.78. The molecule has 2 aromatic rings. The molecule has 1 aromatic heterocycles. The first-order valence-corrected chi connectivity index (χ1v) is 7.54. The minimum Gasteiger partial charge on any atom is -0.337 e. The Morgan fingerprint density at radius 1 is 1.17 bits per heavy atom. The van der Waals surface area contributed by atoms with Gasteiger partial charge in [0.05, 0.1) is 5.02 Å². The van der Waals surface area contributed by atoms with Crippen LogP contribution in [0, 0.1) is 5.82 Å². The van der Waals surface area contributed by atoms with E-state index < -0.39 is 5.82 Å². The Morgan fingerprint density at radius 2 is 1.87 bits per heavy atom. The second-order valence-corrected chi connectivity index (χ2v) is 5.49. The number of hydrogen-bond acceptors (Lipinski definition) is 4. The van der Waals surface area contributed by atoms with Crippen molar-refractivity contribution in [1.29, 1.82) is 0 Å². The summed E-state index contributed by atoms with van der Waals surface area (Å²) < 4.78 is 13.1. The van der Waals surface area contributed by atoms with Gasteiger partial charge in [0.25, 0.3) is 0 Å². The molecule has 120 valence electrons. The van der Waals surface area contributed by atoms with E-state index in [0.717, 1.165) is 0 Å². The highest BCUT2D eigenvalue weighted by Crippen LogP contribution is 2.20. The number of carbonyl (C=O) groups is 1. The number of anilines is 2. The third-order valence-electron chi connectivity index (χ3n) is 3.57. The summed E-state index contributed by atoms with van der Waals surface area (Å²) >= 11 is 5.71. The van der Waals surface area contributed by atoms with Crippen molar-refractivity contribution < 1.29 is 9.18 Å². The summed E-state index contributed by atoms with van der Waals surface area (Å²) in [6.07, 6.45) is 3.39. The fraction of sp³-hybridized carbons (Fsp3) is 0.267. The molecule has 1 aromatic carbocycles. The monoisotopic (exact) mass is 335 g/mol. The normalized spacial score (nSPS) is 14.7. The SMILES string of the molecule is O=C(Nc1ccc(F)c(Cl)c1)N1CCN(c2ncccn2)CC1. The maximum absolute atomic E-state index is 13.1. The number of halogens is 2. The van der Waals surface area contributed by atoms with Crippen LogP contribution >= 0.6 is 11.6 Å². The highest BCUT2D eigenvalue weighted by atomic mass is 35.5. The van der Waals surface area contributed by atoms with Crippen LogP contribution in [-0.2, 0) is 0 Å². The van der Waals surface area contributed by atoms with Gasteiger partial charge in [-0.2, -0.15) is 0 Å². The van der Waals surface area contributed by atoms with Gasteiger partial charge in [-0.15, -0.1) is 0 Å². The van der Waals surface area contributed by atoms with Crippen LogP contribution in [0.5, 0.6) is 0 Å². The molecule has 1 N–H and O–H groups in total. The molecule has 1 fully saturated rings. The molecule has 0 unspecified atom stereocenters. The number of nitrogens with zero attached hydrogens (tertiary/aromatic N) is 4. The lowest BCUT2D eigenvalue weighted by atomic mass is 10.3. The molecule has 0 atom stereocenters. The van der Waals surface area contributed by atoms with Crippen molar-refractivity contribution in [3.8, 4) is 0 Å². The molecular weight excluding hydrogens is 321 g/mol. The molecule has 0 aliphatic carbocycles. The molecule has 0 spiro atoms. The van der Waals surface area contributed by atoms with Crippen LogP contribution in [0.25, 0.3) is 0 Å². The second-order valence-electron chi connectivity index (χ2n) is 5.08. The number of benzene rings is 1. The van der Waals surface area contributed by atoms with Gasteiger partial charge in [0.2, 0.25) is 5.95 Å². The maximum Gasteiger partial charge on any atom is 0.321 e. The summed E-state index contributed by atoms with van der Waals surface area (Å²) in [4.78, 5) is 24.4. The van der Waals surface area contributed by atoms with Crippen molar-refractivity contribution in [3.05, 3.63) is 47.5 Å². The van der Waals surface area contributed by atoms with Crippen LogP contribution in [0.1, 0.15) is 0 Å². The number of amides is 2. The largest absolute Gasteiger partial charge is 0.337 e. The van der Waals surface area contributed by atoms with Crippen molar-refractivity contribution in [1.82, 2.24) is 14.9 Å². The van der Waals surface area contributed by atoms with Gasteiger partial charge in [0.1, 0.15) is 5.82 Å². The highest BCUT2D eigenvalue weighted by Gasteiger charge is 2.22. The van der Waals surface area contributed by atoms with E-state index in [1.807, 2.05) is 4.90 Å². The predicted molar refractivity (Wildman–Crippen MR) is 86.2 cm³/mol. The molecule has 1 saturated heterocycles. The average molecular weight is 336 g/mol. The molecule has 2 heterocycles. The zero-order chi connectivity index (χ0) is 16.2. The first kappa shape index (κ1) is 15.5. The Hall–Kier alpha value is -2.41. The molecule has 0 bridgehead atoms. The van der Waals surface area contributed by atoms with Crippen LogP contribution in [0.2, 0.25) is 5.02 Å². The van der Waals surface area contributed by atoms with Crippen LogP contribution in [-0.4, -0.2) is 47.1 Å². The minimum absolute atomic E-state index is 0.0196. The average Bonchev–Trinajstić information content (AvgIpc) is 2.59. The van der Waals surface area contributed by atoms with Gasteiger partial charge in [-0.1, -0.05) is 11.6 Å². The Balaban J connectivity index is 1.57. The zero-order valence-corrected chi connectivity index (χ0v) is 13.0. The quantitative estimate of drug-likeness (QED) is 0.916. The molecule has 8 heteroatoms. The van der Waals surface area contributed by atoms with Crippen molar-refractivity contribution in [2.75, 3.05) is 36.4 Å². The Bertz CT molecular complexity index is 692. The van der Waals surface area contributed by atoms with Gasteiger partial charge in [0.15, 0.2) is 0 Å². The molecule has 6 nitrogen and oxygen atoms in total. The fourth-order valence-electron chi connectivity index (χ4n) is 2.34. The summed E-state index contributed by atoms with van der Waals surface area (Å²) in [5.41, 5.74) is 0.468. The van der Waals surface area contributed by atoms with Gasteiger partial charge >= 0.3 is 6.03 Å². The number of urea groups is 1.